The van der Waals surface area contributed by atoms with E-state index >= 15 is 0 Å². The van der Waals surface area contributed by atoms with E-state index in [-0.39, 0.29) is 11.7 Å². The van der Waals surface area contributed by atoms with E-state index in [0.29, 0.717) is 10.8 Å². The monoisotopic (exact) mass is 278 g/mol. The highest BCUT2D eigenvalue weighted by molar-refractivity contribution is 6.30. The molecule has 2 rings (SSSR count). The first kappa shape index (κ1) is 13.3. The molecule has 6 heteroatoms. The molecule has 0 aliphatic heterocycles. The highest BCUT2D eigenvalue weighted by Gasteiger charge is 2.11. The number of carboxylic acid groups (broad SMARTS) is 1. The third kappa shape index (κ3) is 3.00. The fraction of sp³-hybridized carbons (Fsp3) is 0.154. The molecular weight excluding hydrogens is 268 g/mol. The smallest absolute Gasteiger partial charge is 0.354 e. The van der Waals surface area contributed by atoms with Crippen molar-refractivity contribution in [3.63, 3.8) is 0 Å². The summed E-state index contributed by atoms with van der Waals surface area (Å²) in [6, 6.07) is 4.81. The third-order valence-corrected chi connectivity index (χ3v) is 2.69. The number of nitrogens with zero attached hydrogens (tertiary/aromatic N) is 2. The number of halogens is 1. The summed E-state index contributed by atoms with van der Waals surface area (Å²) in [7, 11) is 0. The second kappa shape index (κ2) is 5.24. The van der Waals surface area contributed by atoms with Gasteiger partial charge in [0.2, 0.25) is 0 Å². The van der Waals surface area contributed by atoms with E-state index in [4.69, 9.17) is 21.4 Å². The van der Waals surface area contributed by atoms with Gasteiger partial charge in [0, 0.05) is 11.2 Å². The number of carbonyl (C=O) groups is 1. The third-order valence-electron chi connectivity index (χ3n) is 2.47. The zero-order valence-electron chi connectivity index (χ0n) is 10.3. The molecule has 1 heterocycles. The quantitative estimate of drug-likeness (QED) is 0.933. The predicted molar refractivity (Wildman–Crippen MR) is 70.0 cm³/mol. The van der Waals surface area contributed by atoms with Crippen molar-refractivity contribution in [3.05, 3.63) is 46.2 Å². The standard InChI is InChI=1S/C13H11ClN2O3/c1-7-5-9(14)6-8(2)11(7)19-13-15-4-3-10(16-13)12(17)18/h3-6H,1-2H3,(H,17,18). The van der Waals surface area contributed by atoms with Crippen molar-refractivity contribution in [2.75, 3.05) is 0 Å². The molecule has 0 atom stereocenters. The first-order valence-corrected chi connectivity index (χ1v) is 5.86. The molecule has 19 heavy (non-hydrogen) atoms. The maximum atomic E-state index is 10.8. The highest BCUT2D eigenvalue weighted by Crippen LogP contribution is 2.29. The summed E-state index contributed by atoms with van der Waals surface area (Å²) in [6.07, 6.45) is 1.34. The number of carboxylic acids is 1. The largest absolute Gasteiger partial charge is 0.477 e. The lowest BCUT2D eigenvalue weighted by Gasteiger charge is -2.10. The van der Waals surface area contributed by atoms with Crippen molar-refractivity contribution in [3.8, 4) is 11.8 Å². The Kier molecular flexibility index (Phi) is 3.66. The first-order valence-electron chi connectivity index (χ1n) is 5.48. The minimum absolute atomic E-state index is 0.00609. The van der Waals surface area contributed by atoms with Crippen molar-refractivity contribution in [1.82, 2.24) is 9.97 Å². The summed E-state index contributed by atoms with van der Waals surface area (Å²) in [6.45, 7) is 3.69. The van der Waals surface area contributed by atoms with E-state index < -0.39 is 5.97 Å². The molecule has 5 nitrogen and oxygen atoms in total. The molecule has 98 valence electrons. The first-order chi connectivity index (χ1) is 8.97. The van der Waals surface area contributed by atoms with Gasteiger partial charge in [-0.3, -0.25) is 0 Å². The Bertz CT molecular complexity index is 621. The van der Waals surface area contributed by atoms with Gasteiger partial charge >= 0.3 is 12.0 Å². The summed E-state index contributed by atoms with van der Waals surface area (Å²) in [5.74, 6) is -0.552. The molecule has 0 saturated carbocycles. The number of rotatable bonds is 3. The van der Waals surface area contributed by atoms with Crippen LogP contribution in [0.5, 0.6) is 11.8 Å². The summed E-state index contributed by atoms with van der Waals surface area (Å²) in [5, 5.41) is 9.47. The van der Waals surface area contributed by atoms with Gasteiger partial charge < -0.3 is 9.84 Å². The van der Waals surface area contributed by atoms with Crippen LogP contribution in [0.1, 0.15) is 21.6 Å². The Balaban J connectivity index is 2.36. The van der Waals surface area contributed by atoms with E-state index in [0.717, 1.165) is 11.1 Å². The fourth-order valence-corrected chi connectivity index (χ4v) is 1.99. The Morgan fingerprint density at radius 1 is 1.32 bits per heavy atom. The number of aryl methyl sites for hydroxylation is 2. The van der Waals surface area contributed by atoms with Gasteiger partial charge in [-0.05, 0) is 43.2 Å². The zero-order valence-corrected chi connectivity index (χ0v) is 11.1. The van der Waals surface area contributed by atoms with Gasteiger partial charge in [0.15, 0.2) is 5.69 Å². The molecule has 1 N–H and O–H groups in total. The molecule has 2 aromatic rings. The van der Waals surface area contributed by atoms with Crippen LogP contribution in [0.2, 0.25) is 5.02 Å². The van der Waals surface area contributed by atoms with Crippen LogP contribution in [-0.2, 0) is 0 Å². The number of hydrogen-bond acceptors (Lipinski definition) is 4. The average Bonchev–Trinajstić information content (AvgIpc) is 2.34. The number of hydrogen-bond donors (Lipinski definition) is 1. The molecule has 0 unspecified atom stereocenters. The maximum absolute atomic E-state index is 10.8. The van der Waals surface area contributed by atoms with Crippen LogP contribution in [0.15, 0.2) is 24.4 Å². The van der Waals surface area contributed by atoms with Crippen molar-refractivity contribution >= 4 is 17.6 Å². The van der Waals surface area contributed by atoms with Crippen LogP contribution in [0.4, 0.5) is 0 Å². The normalized spacial score (nSPS) is 10.3. The van der Waals surface area contributed by atoms with Gasteiger partial charge in [-0.15, -0.1) is 0 Å². The van der Waals surface area contributed by atoms with Crippen molar-refractivity contribution in [1.29, 1.82) is 0 Å². The summed E-state index contributed by atoms with van der Waals surface area (Å²) < 4.78 is 5.54. The fourth-order valence-electron chi connectivity index (χ4n) is 1.66. The molecule has 0 aliphatic carbocycles. The van der Waals surface area contributed by atoms with E-state index in [2.05, 4.69) is 9.97 Å². The van der Waals surface area contributed by atoms with Gasteiger partial charge in [0.1, 0.15) is 5.75 Å². The SMILES string of the molecule is Cc1cc(Cl)cc(C)c1Oc1nccc(C(=O)O)n1. The molecule has 0 bridgehead atoms. The molecule has 0 amide bonds. The second-order valence-corrected chi connectivity index (χ2v) is 4.44. The van der Waals surface area contributed by atoms with Gasteiger partial charge in [-0.2, -0.15) is 4.98 Å². The van der Waals surface area contributed by atoms with Gasteiger partial charge in [-0.1, -0.05) is 11.6 Å². The number of benzene rings is 1. The van der Waals surface area contributed by atoms with Gasteiger partial charge in [0.05, 0.1) is 0 Å². The molecular formula is C13H11ClN2O3. The number of aromatic carboxylic acids is 1. The van der Waals surface area contributed by atoms with E-state index in [1.807, 2.05) is 13.8 Å². The van der Waals surface area contributed by atoms with E-state index in [1.165, 1.54) is 12.3 Å². The molecule has 0 aliphatic rings. The second-order valence-electron chi connectivity index (χ2n) is 4.00. The minimum atomic E-state index is -1.13. The minimum Gasteiger partial charge on any atom is -0.477 e. The van der Waals surface area contributed by atoms with Crippen LogP contribution in [0, 0.1) is 13.8 Å². The molecule has 0 fully saturated rings. The van der Waals surface area contributed by atoms with Gasteiger partial charge in [-0.25, -0.2) is 9.78 Å². The molecule has 0 saturated heterocycles. The predicted octanol–water partition coefficient (Wildman–Crippen LogP) is 3.24. The number of aromatic nitrogens is 2. The van der Waals surface area contributed by atoms with Crippen LogP contribution < -0.4 is 4.74 Å². The summed E-state index contributed by atoms with van der Waals surface area (Å²) >= 11 is 5.93. The summed E-state index contributed by atoms with van der Waals surface area (Å²) in [4.78, 5) is 18.5. The highest BCUT2D eigenvalue weighted by atomic mass is 35.5. The molecule has 1 aromatic carbocycles. The molecule has 0 radical (unpaired) electrons. The van der Waals surface area contributed by atoms with Crippen LogP contribution in [0.25, 0.3) is 0 Å². The zero-order chi connectivity index (χ0) is 14.0. The lowest BCUT2D eigenvalue weighted by molar-refractivity contribution is 0.0689. The Morgan fingerprint density at radius 3 is 2.53 bits per heavy atom. The Hall–Kier alpha value is -2.14. The van der Waals surface area contributed by atoms with Crippen LogP contribution in [-0.4, -0.2) is 21.0 Å². The lowest BCUT2D eigenvalue weighted by atomic mass is 10.1. The van der Waals surface area contributed by atoms with Gasteiger partial charge in [0.25, 0.3) is 0 Å². The van der Waals surface area contributed by atoms with E-state index in [9.17, 15) is 4.79 Å². The van der Waals surface area contributed by atoms with Crippen LogP contribution in [0.3, 0.4) is 0 Å². The molecule has 0 spiro atoms. The average molecular weight is 279 g/mol. The van der Waals surface area contributed by atoms with E-state index in [1.54, 1.807) is 12.1 Å². The van der Waals surface area contributed by atoms with Crippen molar-refractivity contribution in [2.24, 2.45) is 0 Å². The summed E-state index contributed by atoms with van der Waals surface area (Å²) in [5.41, 5.74) is 1.54. The molecule has 1 aromatic heterocycles. The van der Waals surface area contributed by atoms with Crippen molar-refractivity contribution < 1.29 is 14.6 Å². The topological polar surface area (TPSA) is 72.3 Å². The lowest BCUT2D eigenvalue weighted by Crippen LogP contribution is -2.03. The van der Waals surface area contributed by atoms with Crippen LogP contribution >= 0.6 is 11.6 Å². The Morgan fingerprint density at radius 2 is 1.95 bits per heavy atom. The van der Waals surface area contributed by atoms with Crippen molar-refractivity contribution in [2.45, 2.75) is 13.8 Å². The number of ether oxygens (including phenoxy) is 1. The maximum Gasteiger partial charge on any atom is 0.354 e. The Labute approximate surface area is 114 Å².